The molecule has 0 aliphatic rings. The Hall–Kier alpha value is -1.80. The molecule has 0 spiro atoms. The van der Waals surface area contributed by atoms with E-state index in [0.717, 1.165) is 0 Å². The zero-order valence-electron chi connectivity index (χ0n) is 15.9. The fraction of sp³-hybridized carbons (Fsp3) is 0.611. The minimum Gasteiger partial charge on any atom is -0.490 e. The highest BCUT2D eigenvalue weighted by molar-refractivity contribution is 7.89. The van der Waals surface area contributed by atoms with Crippen LogP contribution >= 0.6 is 0 Å². The first kappa shape index (κ1) is 22.2. The summed E-state index contributed by atoms with van der Waals surface area (Å²) in [5, 5.41) is 2.80. The first-order valence-corrected chi connectivity index (χ1v) is 10.6. The van der Waals surface area contributed by atoms with E-state index in [-0.39, 0.29) is 11.7 Å². The van der Waals surface area contributed by atoms with Gasteiger partial charge in [-0.25, -0.2) is 12.7 Å². The van der Waals surface area contributed by atoms with Crippen LogP contribution in [0.25, 0.3) is 0 Å². The van der Waals surface area contributed by atoms with Crippen molar-refractivity contribution in [3.8, 4) is 11.5 Å². The van der Waals surface area contributed by atoms with Gasteiger partial charge in [0.2, 0.25) is 15.9 Å². The van der Waals surface area contributed by atoms with Crippen molar-refractivity contribution in [3.63, 3.8) is 0 Å². The van der Waals surface area contributed by atoms with E-state index in [9.17, 15) is 13.2 Å². The maximum absolute atomic E-state index is 11.8. The molecule has 1 aromatic carbocycles. The smallest absolute Gasteiger partial charge is 0.220 e. The second-order valence-electron chi connectivity index (χ2n) is 5.76. The van der Waals surface area contributed by atoms with E-state index in [2.05, 4.69) is 5.32 Å². The summed E-state index contributed by atoms with van der Waals surface area (Å²) >= 11 is 0. The van der Waals surface area contributed by atoms with Crippen LogP contribution in [0, 0.1) is 0 Å². The number of nitrogens with one attached hydrogen (secondary N) is 1. The summed E-state index contributed by atoms with van der Waals surface area (Å²) in [5.74, 6) is 1.40. The number of hydrogen-bond acceptors (Lipinski definition) is 5. The molecular weight excluding hydrogens is 356 g/mol. The van der Waals surface area contributed by atoms with E-state index in [1.54, 1.807) is 14.0 Å². The molecule has 1 amide bonds. The number of amides is 1. The maximum atomic E-state index is 11.8. The van der Waals surface area contributed by atoms with Gasteiger partial charge in [-0.05, 0) is 38.8 Å². The summed E-state index contributed by atoms with van der Waals surface area (Å²) < 4.78 is 35.7. The van der Waals surface area contributed by atoms with Crippen molar-refractivity contribution in [1.29, 1.82) is 0 Å². The van der Waals surface area contributed by atoms with Gasteiger partial charge in [0, 0.05) is 26.6 Å². The zero-order valence-corrected chi connectivity index (χ0v) is 16.7. The summed E-state index contributed by atoms with van der Waals surface area (Å²) in [7, 11) is -1.60. The van der Waals surface area contributed by atoms with Gasteiger partial charge in [-0.3, -0.25) is 4.79 Å². The number of carbonyl (C=O) groups is 1. The summed E-state index contributed by atoms with van der Waals surface area (Å²) in [5.41, 5.74) is 0. The topological polar surface area (TPSA) is 84.9 Å². The first-order valence-electron chi connectivity index (χ1n) is 8.96. The molecule has 148 valence electrons. The van der Waals surface area contributed by atoms with Gasteiger partial charge in [0.1, 0.15) is 0 Å². The minimum absolute atomic E-state index is 0.0623. The second-order valence-corrected chi connectivity index (χ2v) is 8.12. The van der Waals surface area contributed by atoms with Crippen molar-refractivity contribution in [2.45, 2.75) is 33.1 Å². The Balaban J connectivity index is 2.18. The van der Waals surface area contributed by atoms with Crippen LogP contribution < -0.4 is 14.8 Å². The third kappa shape index (κ3) is 8.05. The number of carbonyl (C=O) groups excluding carboxylic acids is 1. The largest absolute Gasteiger partial charge is 0.490 e. The molecule has 7 nitrogen and oxygen atoms in total. The number of benzene rings is 1. The molecule has 0 unspecified atom stereocenters. The Kier molecular flexibility index (Phi) is 10.0. The molecule has 0 aliphatic heterocycles. The molecule has 26 heavy (non-hydrogen) atoms. The SMILES string of the molecule is CCOc1ccccc1OCCCC(=O)NCCCN(C)S(=O)(=O)CC. The number of nitrogens with zero attached hydrogens (tertiary/aromatic N) is 1. The summed E-state index contributed by atoms with van der Waals surface area (Å²) in [6.45, 7) is 5.37. The molecular formula is C18H30N2O5S. The maximum Gasteiger partial charge on any atom is 0.220 e. The molecule has 1 N–H and O–H groups in total. The van der Waals surface area contributed by atoms with Crippen LogP contribution in [0.2, 0.25) is 0 Å². The molecule has 8 heteroatoms. The quantitative estimate of drug-likeness (QED) is 0.524. The Labute approximate surface area is 156 Å². The highest BCUT2D eigenvalue weighted by atomic mass is 32.2. The van der Waals surface area contributed by atoms with Crippen molar-refractivity contribution in [2.75, 3.05) is 39.1 Å². The number of para-hydroxylation sites is 2. The van der Waals surface area contributed by atoms with Crippen LogP contribution in [0.5, 0.6) is 11.5 Å². The van der Waals surface area contributed by atoms with Gasteiger partial charge < -0.3 is 14.8 Å². The predicted molar refractivity (Wildman–Crippen MR) is 102 cm³/mol. The van der Waals surface area contributed by atoms with Gasteiger partial charge in [-0.15, -0.1) is 0 Å². The van der Waals surface area contributed by atoms with E-state index in [0.29, 0.717) is 57.1 Å². The predicted octanol–water partition coefficient (Wildman–Crippen LogP) is 2.03. The van der Waals surface area contributed by atoms with Gasteiger partial charge in [0.25, 0.3) is 0 Å². The third-order valence-electron chi connectivity index (χ3n) is 3.77. The zero-order chi connectivity index (χ0) is 19.4. The first-order chi connectivity index (χ1) is 12.4. The molecule has 0 heterocycles. The minimum atomic E-state index is -3.16. The number of hydrogen-bond donors (Lipinski definition) is 1. The molecule has 0 saturated heterocycles. The molecule has 1 rings (SSSR count). The summed E-state index contributed by atoms with van der Waals surface area (Å²) in [6, 6.07) is 7.45. The normalized spacial score (nSPS) is 11.4. The van der Waals surface area contributed by atoms with Gasteiger partial charge in [0.15, 0.2) is 11.5 Å². The lowest BCUT2D eigenvalue weighted by Crippen LogP contribution is -2.32. The van der Waals surface area contributed by atoms with Crippen molar-refractivity contribution in [2.24, 2.45) is 0 Å². The second kappa shape index (κ2) is 11.7. The molecule has 0 aliphatic carbocycles. The molecule has 0 bridgehead atoms. The Bertz CT molecular complexity index is 649. The van der Waals surface area contributed by atoms with Crippen molar-refractivity contribution in [3.05, 3.63) is 24.3 Å². The van der Waals surface area contributed by atoms with Crippen LogP contribution in [0.4, 0.5) is 0 Å². The van der Waals surface area contributed by atoms with E-state index in [1.165, 1.54) is 4.31 Å². The molecule has 0 radical (unpaired) electrons. The lowest BCUT2D eigenvalue weighted by Gasteiger charge is -2.15. The molecule has 0 fully saturated rings. The van der Waals surface area contributed by atoms with Crippen LogP contribution in [0.3, 0.4) is 0 Å². The number of sulfonamides is 1. The summed E-state index contributed by atoms with van der Waals surface area (Å²) in [6.07, 6.45) is 1.54. The lowest BCUT2D eigenvalue weighted by atomic mass is 10.3. The van der Waals surface area contributed by atoms with Crippen LogP contribution in [0.15, 0.2) is 24.3 Å². The average molecular weight is 387 g/mol. The van der Waals surface area contributed by atoms with Crippen LogP contribution in [-0.2, 0) is 14.8 Å². The van der Waals surface area contributed by atoms with E-state index < -0.39 is 10.0 Å². The Morgan fingerprint density at radius 2 is 1.77 bits per heavy atom. The van der Waals surface area contributed by atoms with E-state index >= 15 is 0 Å². The highest BCUT2D eigenvalue weighted by Crippen LogP contribution is 2.26. The van der Waals surface area contributed by atoms with E-state index in [4.69, 9.17) is 9.47 Å². The summed E-state index contributed by atoms with van der Waals surface area (Å²) in [4.78, 5) is 11.8. The van der Waals surface area contributed by atoms with Crippen molar-refractivity contribution >= 4 is 15.9 Å². The fourth-order valence-corrected chi connectivity index (χ4v) is 3.08. The number of ether oxygens (including phenoxy) is 2. The van der Waals surface area contributed by atoms with Gasteiger partial charge in [-0.1, -0.05) is 12.1 Å². The Morgan fingerprint density at radius 3 is 2.38 bits per heavy atom. The van der Waals surface area contributed by atoms with Gasteiger partial charge in [-0.2, -0.15) is 0 Å². The monoisotopic (exact) mass is 386 g/mol. The van der Waals surface area contributed by atoms with Gasteiger partial charge >= 0.3 is 0 Å². The average Bonchev–Trinajstić information content (AvgIpc) is 2.63. The lowest BCUT2D eigenvalue weighted by molar-refractivity contribution is -0.121. The molecule has 0 saturated carbocycles. The molecule has 0 atom stereocenters. The van der Waals surface area contributed by atoms with Gasteiger partial charge in [0.05, 0.1) is 19.0 Å². The van der Waals surface area contributed by atoms with E-state index in [1.807, 2.05) is 31.2 Å². The standard InChI is InChI=1S/C18H30N2O5S/c1-4-24-16-10-6-7-11-17(16)25-15-8-12-18(21)19-13-9-14-20(3)26(22,23)5-2/h6-7,10-11H,4-5,8-9,12-15H2,1-3H3,(H,19,21). The van der Waals surface area contributed by atoms with Crippen molar-refractivity contribution < 1.29 is 22.7 Å². The van der Waals surface area contributed by atoms with Crippen molar-refractivity contribution in [1.82, 2.24) is 9.62 Å². The third-order valence-corrected chi connectivity index (χ3v) is 5.63. The van der Waals surface area contributed by atoms with Crippen LogP contribution in [-0.4, -0.2) is 57.7 Å². The Morgan fingerprint density at radius 1 is 1.12 bits per heavy atom. The highest BCUT2D eigenvalue weighted by Gasteiger charge is 2.14. The fourth-order valence-electron chi connectivity index (χ4n) is 2.24. The molecule has 1 aromatic rings. The van der Waals surface area contributed by atoms with Crippen LogP contribution in [0.1, 0.15) is 33.1 Å². The number of rotatable bonds is 13. The molecule has 0 aromatic heterocycles.